The molecule has 128 valence electrons. The van der Waals surface area contributed by atoms with Gasteiger partial charge < -0.3 is 9.32 Å². The molecular weight excluding hydrogens is 317 g/mol. The van der Waals surface area contributed by atoms with Crippen LogP contribution in [0.25, 0.3) is 11.0 Å². The molecule has 1 aromatic heterocycles. The van der Waals surface area contributed by atoms with Crippen molar-refractivity contribution in [1.82, 2.24) is 4.90 Å². The van der Waals surface area contributed by atoms with Gasteiger partial charge in [-0.05, 0) is 49.1 Å². The van der Waals surface area contributed by atoms with E-state index in [0.29, 0.717) is 6.42 Å². The quantitative estimate of drug-likeness (QED) is 0.689. The van der Waals surface area contributed by atoms with E-state index in [1.165, 1.54) is 12.1 Å². The zero-order valence-corrected chi connectivity index (χ0v) is 14.2. The van der Waals surface area contributed by atoms with Gasteiger partial charge in [0, 0.05) is 17.5 Å². The van der Waals surface area contributed by atoms with Crippen LogP contribution in [0.2, 0.25) is 0 Å². The molecular formula is C21H20FNO2. The van der Waals surface area contributed by atoms with Crippen LogP contribution in [0, 0.1) is 12.7 Å². The third kappa shape index (κ3) is 3.04. The van der Waals surface area contributed by atoms with Crippen molar-refractivity contribution in [3.8, 4) is 0 Å². The molecule has 0 N–H and O–H groups in total. The summed E-state index contributed by atoms with van der Waals surface area (Å²) in [5, 5.41) is 0.987. The van der Waals surface area contributed by atoms with Gasteiger partial charge in [-0.3, -0.25) is 4.79 Å². The predicted octanol–water partition coefficient (Wildman–Crippen LogP) is 4.79. The average molecular weight is 337 g/mol. The van der Waals surface area contributed by atoms with E-state index in [2.05, 4.69) is 0 Å². The highest BCUT2D eigenvalue weighted by Crippen LogP contribution is 2.33. The van der Waals surface area contributed by atoms with Gasteiger partial charge in [-0.25, -0.2) is 4.39 Å². The molecule has 1 unspecified atom stereocenters. The number of likely N-dealkylation sites (tertiary alicyclic amines) is 1. The monoisotopic (exact) mass is 337 g/mol. The van der Waals surface area contributed by atoms with E-state index in [0.717, 1.165) is 47.0 Å². The van der Waals surface area contributed by atoms with Gasteiger partial charge in [-0.1, -0.05) is 24.3 Å². The number of hydrogen-bond acceptors (Lipinski definition) is 2. The standard InChI is InChI=1S/C21H20FNO2/c1-14-7-8-18-16(13-25-20(18)10-14)12-21(24)23-9-3-6-19(23)15-4-2-5-17(22)11-15/h2,4-5,7-8,10-11,13,19H,3,6,9,12H2,1H3. The Balaban J connectivity index is 1.57. The second-order valence-electron chi connectivity index (χ2n) is 6.74. The molecule has 3 nitrogen and oxygen atoms in total. The summed E-state index contributed by atoms with van der Waals surface area (Å²) < 4.78 is 19.1. The van der Waals surface area contributed by atoms with E-state index < -0.39 is 0 Å². The number of furan rings is 1. The first-order valence-electron chi connectivity index (χ1n) is 8.63. The minimum atomic E-state index is -0.256. The lowest BCUT2D eigenvalue weighted by molar-refractivity contribution is -0.131. The Morgan fingerprint density at radius 3 is 3.00 bits per heavy atom. The molecule has 3 aromatic rings. The van der Waals surface area contributed by atoms with Crippen molar-refractivity contribution in [3.05, 3.63) is 71.2 Å². The van der Waals surface area contributed by atoms with Gasteiger partial charge in [0.05, 0.1) is 18.7 Å². The molecule has 0 radical (unpaired) electrons. The number of rotatable bonds is 3. The Morgan fingerprint density at radius 2 is 2.16 bits per heavy atom. The summed E-state index contributed by atoms with van der Waals surface area (Å²) in [5.41, 5.74) is 3.72. The molecule has 2 heterocycles. The Morgan fingerprint density at radius 1 is 1.28 bits per heavy atom. The third-order valence-electron chi connectivity index (χ3n) is 4.96. The fraction of sp³-hybridized carbons (Fsp3) is 0.286. The lowest BCUT2D eigenvalue weighted by atomic mass is 10.0. The first kappa shape index (κ1) is 15.9. The molecule has 1 fully saturated rings. The van der Waals surface area contributed by atoms with Crippen molar-refractivity contribution in [2.45, 2.75) is 32.2 Å². The maximum atomic E-state index is 13.5. The summed E-state index contributed by atoms with van der Waals surface area (Å²) in [6.07, 6.45) is 3.80. The number of fused-ring (bicyclic) bond motifs is 1. The first-order valence-corrected chi connectivity index (χ1v) is 8.63. The fourth-order valence-electron chi connectivity index (χ4n) is 3.72. The van der Waals surface area contributed by atoms with E-state index in [4.69, 9.17) is 4.42 Å². The number of halogens is 1. The van der Waals surface area contributed by atoms with E-state index in [9.17, 15) is 9.18 Å². The number of carbonyl (C=O) groups excluding carboxylic acids is 1. The van der Waals surface area contributed by atoms with Crippen molar-refractivity contribution in [2.75, 3.05) is 6.54 Å². The molecule has 25 heavy (non-hydrogen) atoms. The molecule has 4 rings (SSSR count). The normalized spacial score (nSPS) is 17.4. The molecule has 0 saturated carbocycles. The van der Waals surface area contributed by atoms with Crippen LogP contribution < -0.4 is 0 Å². The van der Waals surface area contributed by atoms with Gasteiger partial charge in [-0.2, -0.15) is 0 Å². The van der Waals surface area contributed by atoms with Gasteiger partial charge in [0.2, 0.25) is 5.91 Å². The number of nitrogens with zero attached hydrogens (tertiary/aromatic N) is 1. The number of amides is 1. The minimum Gasteiger partial charge on any atom is -0.464 e. The van der Waals surface area contributed by atoms with E-state index in [1.54, 1.807) is 12.3 Å². The van der Waals surface area contributed by atoms with Crippen molar-refractivity contribution in [3.63, 3.8) is 0 Å². The summed E-state index contributed by atoms with van der Waals surface area (Å²) in [5.74, 6) is -0.192. The highest BCUT2D eigenvalue weighted by molar-refractivity contribution is 5.88. The molecule has 1 atom stereocenters. The zero-order valence-electron chi connectivity index (χ0n) is 14.2. The van der Waals surface area contributed by atoms with Gasteiger partial charge in [0.15, 0.2) is 0 Å². The second kappa shape index (κ2) is 6.36. The highest BCUT2D eigenvalue weighted by atomic mass is 19.1. The number of benzene rings is 2. The molecule has 4 heteroatoms. The van der Waals surface area contributed by atoms with E-state index in [1.807, 2.05) is 36.1 Å². The van der Waals surface area contributed by atoms with Crippen molar-refractivity contribution in [1.29, 1.82) is 0 Å². The highest BCUT2D eigenvalue weighted by Gasteiger charge is 2.30. The van der Waals surface area contributed by atoms with Crippen LogP contribution in [0.15, 0.2) is 53.1 Å². The van der Waals surface area contributed by atoms with Crippen LogP contribution in [-0.4, -0.2) is 17.4 Å². The predicted molar refractivity (Wildman–Crippen MR) is 94.7 cm³/mol. The summed E-state index contributed by atoms with van der Waals surface area (Å²) >= 11 is 0. The van der Waals surface area contributed by atoms with Gasteiger partial charge >= 0.3 is 0 Å². The summed E-state index contributed by atoms with van der Waals surface area (Å²) in [7, 11) is 0. The topological polar surface area (TPSA) is 33.5 Å². The van der Waals surface area contributed by atoms with E-state index in [-0.39, 0.29) is 17.8 Å². The maximum absolute atomic E-state index is 13.5. The molecule has 0 spiro atoms. The Bertz CT molecular complexity index is 931. The third-order valence-corrected chi connectivity index (χ3v) is 4.96. The summed E-state index contributed by atoms with van der Waals surface area (Å²) in [6.45, 7) is 2.73. The molecule has 1 aliphatic heterocycles. The molecule has 1 aliphatic rings. The SMILES string of the molecule is Cc1ccc2c(CC(=O)N3CCCC3c3cccc(F)c3)coc2c1. The Labute approximate surface area is 146 Å². The van der Waals surface area contributed by atoms with Crippen LogP contribution in [-0.2, 0) is 11.2 Å². The molecule has 2 aromatic carbocycles. The zero-order chi connectivity index (χ0) is 17.4. The molecule has 0 bridgehead atoms. The number of aryl methyl sites for hydroxylation is 1. The molecule has 0 aliphatic carbocycles. The number of carbonyl (C=O) groups is 1. The van der Waals surface area contributed by atoms with Gasteiger partial charge in [-0.15, -0.1) is 0 Å². The smallest absolute Gasteiger partial charge is 0.227 e. The van der Waals surface area contributed by atoms with Crippen molar-refractivity contribution in [2.24, 2.45) is 0 Å². The summed E-state index contributed by atoms with van der Waals surface area (Å²) in [4.78, 5) is 14.8. The molecule has 1 amide bonds. The van der Waals surface area contributed by atoms with Crippen LogP contribution in [0.3, 0.4) is 0 Å². The lowest BCUT2D eigenvalue weighted by Gasteiger charge is -2.25. The van der Waals surface area contributed by atoms with Crippen LogP contribution in [0.4, 0.5) is 4.39 Å². The van der Waals surface area contributed by atoms with Crippen LogP contribution in [0.5, 0.6) is 0 Å². The average Bonchev–Trinajstić information content (AvgIpc) is 3.22. The Kier molecular flexibility index (Phi) is 4.04. The molecule has 1 saturated heterocycles. The second-order valence-corrected chi connectivity index (χ2v) is 6.74. The number of hydrogen-bond donors (Lipinski definition) is 0. The van der Waals surface area contributed by atoms with Crippen molar-refractivity contribution < 1.29 is 13.6 Å². The Hall–Kier alpha value is -2.62. The minimum absolute atomic E-state index is 0.0383. The lowest BCUT2D eigenvalue weighted by Crippen LogP contribution is -2.31. The van der Waals surface area contributed by atoms with Crippen LogP contribution >= 0.6 is 0 Å². The van der Waals surface area contributed by atoms with Crippen molar-refractivity contribution >= 4 is 16.9 Å². The van der Waals surface area contributed by atoms with Gasteiger partial charge in [0.25, 0.3) is 0 Å². The van der Waals surface area contributed by atoms with E-state index >= 15 is 0 Å². The van der Waals surface area contributed by atoms with Crippen LogP contribution in [0.1, 0.15) is 35.6 Å². The fourth-order valence-corrected chi connectivity index (χ4v) is 3.72. The largest absolute Gasteiger partial charge is 0.464 e. The first-order chi connectivity index (χ1) is 12.1. The van der Waals surface area contributed by atoms with Gasteiger partial charge in [0.1, 0.15) is 11.4 Å². The maximum Gasteiger partial charge on any atom is 0.227 e. The summed E-state index contributed by atoms with van der Waals surface area (Å²) in [6, 6.07) is 12.5.